The van der Waals surface area contributed by atoms with Crippen LogP contribution in [-0.4, -0.2) is 43.0 Å². The first-order chi connectivity index (χ1) is 8.33. The Hall–Kier alpha value is -0.910. The van der Waals surface area contributed by atoms with Crippen molar-refractivity contribution in [3.8, 4) is 0 Å². The highest BCUT2D eigenvalue weighted by Crippen LogP contribution is 2.22. The molecule has 2 atom stereocenters. The van der Waals surface area contributed by atoms with Crippen molar-refractivity contribution in [1.29, 1.82) is 0 Å². The summed E-state index contributed by atoms with van der Waals surface area (Å²) in [7, 11) is 1.73. The fourth-order valence-corrected chi connectivity index (χ4v) is 2.12. The van der Waals surface area contributed by atoms with Crippen molar-refractivity contribution in [3.05, 3.63) is 18.2 Å². The van der Waals surface area contributed by atoms with Gasteiger partial charge in [0, 0.05) is 32.8 Å². The molecule has 1 fully saturated rings. The number of morpholine rings is 1. The average Bonchev–Trinajstić information content (AvgIpc) is 2.86. The molecule has 1 N–H and O–H groups in total. The lowest BCUT2D eigenvalue weighted by molar-refractivity contribution is 0.0217. The Morgan fingerprint density at radius 3 is 3.29 bits per heavy atom. The van der Waals surface area contributed by atoms with Crippen LogP contribution in [0.3, 0.4) is 0 Å². The molecule has 2 unspecified atom stereocenters. The van der Waals surface area contributed by atoms with Gasteiger partial charge in [0.15, 0.2) is 0 Å². The first-order valence-electron chi connectivity index (χ1n) is 6.16. The molecule has 1 aliphatic rings. The maximum absolute atomic E-state index is 5.76. The first-order valence-corrected chi connectivity index (χ1v) is 6.16. The molecule has 5 nitrogen and oxygen atoms in total. The Balaban J connectivity index is 2.04. The highest BCUT2D eigenvalue weighted by molar-refractivity contribution is 5.06. The van der Waals surface area contributed by atoms with Gasteiger partial charge in [0.1, 0.15) is 6.10 Å². The third-order valence-corrected chi connectivity index (χ3v) is 3.17. The van der Waals surface area contributed by atoms with E-state index < -0.39 is 0 Å². The van der Waals surface area contributed by atoms with Gasteiger partial charge in [0.2, 0.25) is 0 Å². The van der Waals surface area contributed by atoms with Gasteiger partial charge in [0.05, 0.1) is 24.8 Å². The van der Waals surface area contributed by atoms with E-state index in [0.717, 1.165) is 38.4 Å². The van der Waals surface area contributed by atoms with Crippen LogP contribution in [-0.2, 0) is 9.47 Å². The molecule has 0 aromatic carbocycles. The Morgan fingerprint density at radius 1 is 1.71 bits per heavy atom. The summed E-state index contributed by atoms with van der Waals surface area (Å²) in [5.41, 5.74) is 1.15. The van der Waals surface area contributed by atoms with E-state index in [-0.39, 0.29) is 6.10 Å². The van der Waals surface area contributed by atoms with Gasteiger partial charge in [-0.3, -0.25) is 0 Å². The predicted molar refractivity (Wildman–Crippen MR) is 65.0 cm³/mol. The lowest BCUT2D eigenvalue weighted by Crippen LogP contribution is -2.34. The molecule has 0 bridgehead atoms. The van der Waals surface area contributed by atoms with E-state index in [2.05, 4.69) is 21.8 Å². The van der Waals surface area contributed by atoms with E-state index in [9.17, 15) is 0 Å². The van der Waals surface area contributed by atoms with Crippen molar-refractivity contribution >= 4 is 0 Å². The Bertz CT molecular complexity index is 334. The molecule has 2 heterocycles. The normalized spacial score (nSPS) is 22.6. The molecule has 0 saturated carbocycles. The largest absolute Gasteiger partial charge is 0.385 e. The minimum absolute atomic E-state index is 0.122. The molecular weight excluding hydrogens is 218 g/mol. The Morgan fingerprint density at radius 2 is 2.59 bits per heavy atom. The van der Waals surface area contributed by atoms with Crippen molar-refractivity contribution in [2.24, 2.45) is 0 Å². The van der Waals surface area contributed by atoms with E-state index in [1.54, 1.807) is 7.11 Å². The van der Waals surface area contributed by atoms with E-state index in [4.69, 9.17) is 9.47 Å². The molecule has 1 aromatic heterocycles. The van der Waals surface area contributed by atoms with Crippen molar-refractivity contribution in [1.82, 2.24) is 14.9 Å². The Kier molecular flexibility index (Phi) is 4.53. The van der Waals surface area contributed by atoms with Crippen LogP contribution in [0.25, 0.3) is 0 Å². The number of nitrogens with one attached hydrogen (secondary N) is 1. The molecule has 0 radical (unpaired) electrons. The molecule has 17 heavy (non-hydrogen) atoms. The van der Waals surface area contributed by atoms with Crippen LogP contribution in [0.2, 0.25) is 0 Å². The topological polar surface area (TPSA) is 48.3 Å². The fraction of sp³-hybridized carbons (Fsp3) is 0.750. The standard InChI is InChI=1S/C12H21N3O2/c1-10(3-5-16-2)15-9-14-7-11(15)12-8-13-4-6-17-12/h7,9-10,12-13H,3-6,8H2,1-2H3. The van der Waals surface area contributed by atoms with Crippen LogP contribution in [0.1, 0.15) is 31.2 Å². The van der Waals surface area contributed by atoms with Gasteiger partial charge >= 0.3 is 0 Å². The molecule has 1 aromatic rings. The van der Waals surface area contributed by atoms with Gasteiger partial charge in [-0.1, -0.05) is 0 Å². The number of nitrogens with zero attached hydrogens (tertiary/aromatic N) is 2. The van der Waals surface area contributed by atoms with Crippen LogP contribution < -0.4 is 5.32 Å². The second-order valence-electron chi connectivity index (χ2n) is 4.42. The Labute approximate surface area is 102 Å². The highest BCUT2D eigenvalue weighted by atomic mass is 16.5. The number of imidazole rings is 1. The summed E-state index contributed by atoms with van der Waals surface area (Å²) in [4.78, 5) is 4.24. The highest BCUT2D eigenvalue weighted by Gasteiger charge is 2.21. The summed E-state index contributed by atoms with van der Waals surface area (Å²) in [6.07, 6.45) is 4.89. The van der Waals surface area contributed by atoms with Crippen molar-refractivity contribution < 1.29 is 9.47 Å². The second-order valence-corrected chi connectivity index (χ2v) is 4.42. The predicted octanol–water partition coefficient (Wildman–Crippen LogP) is 1.14. The SMILES string of the molecule is COCCC(C)n1cncc1C1CNCCO1. The van der Waals surface area contributed by atoms with Crippen molar-refractivity contribution in [3.63, 3.8) is 0 Å². The van der Waals surface area contributed by atoms with E-state index >= 15 is 0 Å². The third-order valence-electron chi connectivity index (χ3n) is 3.17. The lowest BCUT2D eigenvalue weighted by Gasteiger charge is -2.26. The van der Waals surface area contributed by atoms with Crippen LogP contribution in [0, 0.1) is 0 Å². The third kappa shape index (κ3) is 3.06. The smallest absolute Gasteiger partial charge is 0.111 e. The van der Waals surface area contributed by atoms with Crippen LogP contribution in [0.15, 0.2) is 12.5 Å². The van der Waals surface area contributed by atoms with Crippen LogP contribution in [0.4, 0.5) is 0 Å². The number of hydrogen-bond donors (Lipinski definition) is 1. The van der Waals surface area contributed by atoms with Gasteiger partial charge in [-0.15, -0.1) is 0 Å². The quantitative estimate of drug-likeness (QED) is 0.837. The van der Waals surface area contributed by atoms with Crippen molar-refractivity contribution in [2.45, 2.75) is 25.5 Å². The number of ether oxygens (including phenoxy) is 2. The summed E-state index contributed by atoms with van der Waals surface area (Å²) in [6.45, 7) is 5.51. The maximum atomic E-state index is 5.76. The summed E-state index contributed by atoms with van der Waals surface area (Å²) < 4.78 is 13.1. The zero-order valence-electron chi connectivity index (χ0n) is 10.6. The molecule has 0 aliphatic carbocycles. The summed E-state index contributed by atoms with van der Waals surface area (Å²) in [5.74, 6) is 0. The summed E-state index contributed by atoms with van der Waals surface area (Å²) in [5, 5.41) is 3.34. The zero-order valence-corrected chi connectivity index (χ0v) is 10.6. The average molecular weight is 239 g/mol. The molecule has 1 aliphatic heterocycles. The van der Waals surface area contributed by atoms with Gasteiger partial charge in [-0.2, -0.15) is 0 Å². The van der Waals surface area contributed by atoms with Crippen molar-refractivity contribution in [2.75, 3.05) is 33.4 Å². The van der Waals surface area contributed by atoms with Gasteiger partial charge in [-0.25, -0.2) is 4.98 Å². The zero-order chi connectivity index (χ0) is 12.1. The first kappa shape index (κ1) is 12.5. The minimum atomic E-state index is 0.122. The molecule has 96 valence electrons. The fourth-order valence-electron chi connectivity index (χ4n) is 2.12. The van der Waals surface area contributed by atoms with E-state index in [1.165, 1.54) is 0 Å². The lowest BCUT2D eigenvalue weighted by atomic mass is 10.2. The van der Waals surface area contributed by atoms with Crippen LogP contribution >= 0.6 is 0 Å². The van der Waals surface area contributed by atoms with E-state index in [0.29, 0.717) is 6.04 Å². The molecule has 0 amide bonds. The molecule has 0 spiro atoms. The monoisotopic (exact) mass is 239 g/mol. The molecule has 1 saturated heterocycles. The van der Waals surface area contributed by atoms with Gasteiger partial charge in [0.25, 0.3) is 0 Å². The number of rotatable bonds is 5. The maximum Gasteiger partial charge on any atom is 0.111 e. The second kappa shape index (κ2) is 6.14. The summed E-state index contributed by atoms with van der Waals surface area (Å²) in [6, 6.07) is 0.387. The number of aromatic nitrogens is 2. The van der Waals surface area contributed by atoms with Crippen LogP contribution in [0.5, 0.6) is 0 Å². The minimum Gasteiger partial charge on any atom is -0.385 e. The van der Waals surface area contributed by atoms with Gasteiger partial charge < -0.3 is 19.4 Å². The molecule has 2 rings (SSSR count). The van der Waals surface area contributed by atoms with E-state index in [1.807, 2.05) is 12.5 Å². The molecular formula is C12H21N3O2. The summed E-state index contributed by atoms with van der Waals surface area (Å²) >= 11 is 0. The van der Waals surface area contributed by atoms with Gasteiger partial charge in [-0.05, 0) is 13.3 Å². The number of methoxy groups -OCH3 is 1. The molecule has 5 heteroatoms. The number of hydrogen-bond acceptors (Lipinski definition) is 4.